The van der Waals surface area contributed by atoms with Crippen molar-refractivity contribution in [1.29, 1.82) is 0 Å². The SMILES string of the molecule is CC(=O)OCCOc1ccc(C(=O)O)cc1C. The molecular weight excluding hydrogens is 224 g/mol. The molecule has 0 bridgehead atoms. The number of hydrogen-bond acceptors (Lipinski definition) is 4. The summed E-state index contributed by atoms with van der Waals surface area (Å²) in [4.78, 5) is 21.2. The van der Waals surface area contributed by atoms with E-state index in [4.69, 9.17) is 14.6 Å². The molecule has 0 aliphatic rings. The lowest BCUT2D eigenvalue weighted by Crippen LogP contribution is -2.10. The number of carbonyl (C=O) groups excluding carboxylic acids is 1. The van der Waals surface area contributed by atoms with E-state index in [-0.39, 0.29) is 24.7 Å². The number of benzene rings is 1. The van der Waals surface area contributed by atoms with Crippen LogP contribution in [-0.2, 0) is 9.53 Å². The monoisotopic (exact) mass is 238 g/mol. The first-order chi connectivity index (χ1) is 8.00. The summed E-state index contributed by atoms with van der Waals surface area (Å²) in [6.07, 6.45) is 0. The number of carbonyl (C=O) groups is 2. The van der Waals surface area contributed by atoms with Gasteiger partial charge in [-0.15, -0.1) is 0 Å². The number of ether oxygens (including phenoxy) is 2. The molecule has 0 unspecified atom stereocenters. The van der Waals surface area contributed by atoms with Gasteiger partial charge < -0.3 is 14.6 Å². The van der Waals surface area contributed by atoms with Crippen LogP contribution in [0.4, 0.5) is 0 Å². The van der Waals surface area contributed by atoms with Crippen molar-refractivity contribution in [1.82, 2.24) is 0 Å². The van der Waals surface area contributed by atoms with Crippen molar-refractivity contribution in [2.45, 2.75) is 13.8 Å². The van der Waals surface area contributed by atoms with Gasteiger partial charge in [0.2, 0.25) is 0 Å². The van der Waals surface area contributed by atoms with Crippen LogP contribution in [0.2, 0.25) is 0 Å². The van der Waals surface area contributed by atoms with Gasteiger partial charge in [-0.2, -0.15) is 0 Å². The molecule has 0 saturated carbocycles. The first kappa shape index (κ1) is 13.0. The summed E-state index contributed by atoms with van der Waals surface area (Å²) in [6, 6.07) is 4.59. The van der Waals surface area contributed by atoms with E-state index >= 15 is 0 Å². The third-order valence-corrected chi connectivity index (χ3v) is 2.07. The van der Waals surface area contributed by atoms with Crippen LogP contribution in [0.3, 0.4) is 0 Å². The summed E-state index contributed by atoms with van der Waals surface area (Å²) < 4.78 is 10.1. The maximum Gasteiger partial charge on any atom is 0.335 e. The van der Waals surface area contributed by atoms with Gasteiger partial charge in [-0.25, -0.2) is 4.79 Å². The molecule has 5 heteroatoms. The predicted molar refractivity (Wildman–Crippen MR) is 60.3 cm³/mol. The number of carboxylic acids is 1. The van der Waals surface area contributed by atoms with Crippen LogP contribution in [-0.4, -0.2) is 30.3 Å². The fourth-order valence-electron chi connectivity index (χ4n) is 1.28. The van der Waals surface area contributed by atoms with Crippen LogP contribution in [0.1, 0.15) is 22.8 Å². The summed E-state index contributed by atoms with van der Waals surface area (Å²) >= 11 is 0. The molecule has 1 aromatic rings. The minimum Gasteiger partial charge on any atom is -0.490 e. The quantitative estimate of drug-likeness (QED) is 0.623. The molecule has 0 aliphatic heterocycles. The highest BCUT2D eigenvalue weighted by molar-refractivity contribution is 5.88. The molecule has 0 heterocycles. The van der Waals surface area contributed by atoms with E-state index in [1.54, 1.807) is 13.0 Å². The molecule has 92 valence electrons. The lowest BCUT2D eigenvalue weighted by Gasteiger charge is -2.09. The third kappa shape index (κ3) is 4.14. The van der Waals surface area contributed by atoms with Gasteiger partial charge in [0.1, 0.15) is 19.0 Å². The van der Waals surface area contributed by atoms with Crippen molar-refractivity contribution in [3.63, 3.8) is 0 Å². The van der Waals surface area contributed by atoms with Crippen LogP contribution in [0.25, 0.3) is 0 Å². The number of rotatable bonds is 5. The van der Waals surface area contributed by atoms with Crippen molar-refractivity contribution in [2.24, 2.45) is 0 Å². The van der Waals surface area contributed by atoms with E-state index in [0.717, 1.165) is 5.56 Å². The normalized spacial score (nSPS) is 9.76. The van der Waals surface area contributed by atoms with Gasteiger partial charge >= 0.3 is 11.9 Å². The van der Waals surface area contributed by atoms with E-state index in [2.05, 4.69) is 0 Å². The van der Waals surface area contributed by atoms with Crippen molar-refractivity contribution < 1.29 is 24.2 Å². The summed E-state index contributed by atoms with van der Waals surface area (Å²) in [5, 5.41) is 8.78. The van der Waals surface area contributed by atoms with Crippen LogP contribution in [0.5, 0.6) is 5.75 Å². The van der Waals surface area contributed by atoms with Gasteiger partial charge in [0.05, 0.1) is 5.56 Å². The molecule has 0 atom stereocenters. The second-order valence-electron chi connectivity index (χ2n) is 3.47. The Labute approximate surface area is 99.0 Å². The zero-order valence-corrected chi connectivity index (χ0v) is 9.73. The van der Waals surface area contributed by atoms with Gasteiger partial charge in [0.15, 0.2) is 0 Å². The second kappa shape index (κ2) is 5.89. The topological polar surface area (TPSA) is 72.8 Å². The predicted octanol–water partition coefficient (Wildman–Crippen LogP) is 1.64. The smallest absolute Gasteiger partial charge is 0.335 e. The van der Waals surface area contributed by atoms with E-state index in [1.807, 2.05) is 0 Å². The highest BCUT2D eigenvalue weighted by Gasteiger charge is 2.06. The maximum absolute atomic E-state index is 10.7. The van der Waals surface area contributed by atoms with Gasteiger partial charge in [-0.3, -0.25) is 4.79 Å². The zero-order valence-electron chi connectivity index (χ0n) is 9.73. The second-order valence-corrected chi connectivity index (χ2v) is 3.47. The molecule has 0 aliphatic carbocycles. The molecule has 0 saturated heterocycles. The molecule has 1 aromatic carbocycles. The lowest BCUT2D eigenvalue weighted by atomic mass is 10.1. The van der Waals surface area contributed by atoms with Gasteiger partial charge in [0, 0.05) is 6.92 Å². The largest absolute Gasteiger partial charge is 0.490 e. The zero-order chi connectivity index (χ0) is 12.8. The average Bonchev–Trinajstić information content (AvgIpc) is 2.25. The van der Waals surface area contributed by atoms with Crippen LogP contribution >= 0.6 is 0 Å². The summed E-state index contributed by atoms with van der Waals surface area (Å²) in [5.74, 6) is -0.742. The molecule has 17 heavy (non-hydrogen) atoms. The number of hydrogen-bond donors (Lipinski definition) is 1. The summed E-state index contributed by atoms with van der Waals surface area (Å²) in [7, 11) is 0. The van der Waals surface area contributed by atoms with Gasteiger partial charge in [0.25, 0.3) is 0 Å². The first-order valence-corrected chi connectivity index (χ1v) is 5.11. The Morgan fingerprint density at radius 1 is 1.29 bits per heavy atom. The van der Waals surface area contributed by atoms with Crippen molar-refractivity contribution in [2.75, 3.05) is 13.2 Å². The van der Waals surface area contributed by atoms with E-state index in [0.29, 0.717) is 5.75 Å². The number of esters is 1. The van der Waals surface area contributed by atoms with E-state index in [1.165, 1.54) is 19.1 Å². The Kier molecular flexibility index (Phi) is 4.51. The summed E-state index contributed by atoms with van der Waals surface area (Å²) in [6.45, 7) is 3.50. The Balaban J connectivity index is 2.54. The van der Waals surface area contributed by atoms with Gasteiger partial charge in [-0.1, -0.05) is 0 Å². The number of aromatic carboxylic acids is 1. The molecule has 0 amide bonds. The molecule has 1 N–H and O–H groups in total. The van der Waals surface area contributed by atoms with Crippen molar-refractivity contribution in [3.8, 4) is 5.75 Å². The number of aryl methyl sites for hydroxylation is 1. The van der Waals surface area contributed by atoms with Crippen LogP contribution < -0.4 is 4.74 Å². The fraction of sp³-hybridized carbons (Fsp3) is 0.333. The Hall–Kier alpha value is -2.04. The molecule has 5 nitrogen and oxygen atoms in total. The number of carboxylic acid groups (broad SMARTS) is 1. The maximum atomic E-state index is 10.7. The van der Waals surface area contributed by atoms with E-state index in [9.17, 15) is 9.59 Å². The molecular formula is C12H14O5. The summed E-state index contributed by atoms with van der Waals surface area (Å²) in [5.41, 5.74) is 0.947. The molecule has 1 rings (SSSR count). The Bertz CT molecular complexity index is 425. The van der Waals surface area contributed by atoms with Gasteiger partial charge in [-0.05, 0) is 30.7 Å². The molecule has 0 radical (unpaired) electrons. The fourth-order valence-corrected chi connectivity index (χ4v) is 1.28. The minimum absolute atomic E-state index is 0.176. The van der Waals surface area contributed by atoms with E-state index < -0.39 is 5.97 Å². The highest BCUT2D eigenvalue weighted by Crippen LogP contribution is 2.19. The first-order valence-electron chi connectivity index (χ1n) is 5.11. The standard InChI is InChI=1S/C12H14O5/c1-8-7-10(12(14)15)3-4-11(8)17-6-5-16-9(2)13/h3-4,7H,5-6H2,1-2H3,(H,14,15). The average molecular weight is 238 g/mol. The highest BCUT2D eigenvalue weighted by atomic mass is 16.6. The van der Waals surface area contributed by atoms with Crippen LogP contribution in [0.15, 0.2) is 18.2 Å². The van der Waals surface area contributed by atoms with Crippen molar-refractivity contribution in [3.05, 3.63) is 29.3 Å². The minimum atomic E-state index is -0.973. The molecule has 0 spiro atoms. The Morgan fingerprint density at radius 3 is 2.53 bits per heavy atom. The molecule has 0 aromatic heterocycles. The molecule has 0 fully saturated rings. The lowest BCUT2D eigenvalue weighted by molar-refractivity contribution is -0.141. The van der Waals surface area contributed by atoms with Crippen LogP contribution in [0, 0.1) is 6.92 Å². The van der Waals surface area contributed by atoms with Crippen molar-refractivity contribution >= 4 is 11.9 Å². The third-order valence-electron chi connectivity index (χ3n) is 2.07. The Morgan fingerprint density at radius 2 is 2.00 bits per heavy atom.